The number of rotatable bonds is 5. The van der Waals surface area contributed by atoms with Crippen molar-refractivity contribution in [3.8, 4) is 6.07 Å². The molecule has 0 unspecified atom stereocenters. The van der Waals surface area contributed by atoms with E-state index in [1.54, 1.807) is 44.0 Å². The molecule has 0 radical (unpaired) electrons. The molecule has 2 aromatic rings. The predicted octanol–water partition coefficient (Wildman–Crippen LogP) is 2.98. The van der Waals surface area contributed by atoms with Crippen LogP contribution in [0.2, 0.25) is 0 Å². The van der Waals surface area contributed by atoms with E-state index < -0.39 is 0 Å². The van der Waals surface area contributed by atoms with Gasteiger partial charge in [-0.1, -0.05) is 18.2 Å². The van der Waals surface area contributed by atoms with Crippen molar-refractivity contribution >= 4 is 11.8 Å². The summed E-state index contributed by atoms with van der Waals surface area (Å²) in [5.74, 6) is 0.126. The van der Waals surface area contributed by atoms with Crippen molar-refractivity contribution in [3.05, 3.63) is 52.5 Å². The lowest BCUT2D eigenvalue weighted by molar-refractivity contribution is -0.117. The number of benzene rings is 1. The van der Waals surface area contributed by atoms with Gasteiger partial charge in [-0.15, -0.1) is 0 Å². The number of halogens is 1. The molecule has 0 saturated carbocycles. The van der Waals surface area contributed by atoms with Crippen molar-refractivity contribution < 1.29 is 13.6 Å². The maximum atomic E-state index is 13.6. The molecule has 0 spiro atoms. The lowest BCUT2D eigenvalue weighted by atomic mass is 10.2. The molecule has 6 heteroatoms. The number of hydrogen-bond donors (Lipinski definition) is 1. The number of anilines is 1. The number of nitrogens with zero attached hydrogens (tertiary/aromatic N) is 2. The Balaban J connectivity index is 1.99. The Kier molecular flexibility index (Phi) is 5.14. The largest absolute Gasteiger partial charge is 0.444 e. The summed E-state index contributed by atoms with van der Waals surface area (Å²) in [6.07, 6.45) is 0. The van der Waals surface area contributed by atoms with Gasteiger partial charge in [0.05, 0.1) is 6.54 Å². The zero-order valence-corrected chi connectivity index (χ0v) is 13.3. The Labute approximate surface area is 134 Å². The van der Waals surface area contributed by atoms with E-state index in [0.717, 1.165) is 0 Å². The van der Waals surface area contributed by atoms with Gasteiger partial charge < -0.3 is 4.42 Å². The molecule has 23 heavy (non-hydrogen) atoms. The number of nitriles is 1. The van der Waals surface area contributed by atoms with Gasteiger partial charge in [-0.3, -0.25) is 15.0 Å². The van der Waals surface area contributed by atoms with Gasteiger partial charge in [0.15, 0.2) is 0 Å². The number of amides is 1. The van der Waals surface area contributed by atoms with Gasteiger partial charge in [0, 0.05) is 17.7 Å². The number of nitrogens with one attached hydrogen (secondary N) is 1. The fourth-order valence-corrected chi connectivity index (χ4v) is 2.23. The summed E-state index contributed by atoms with van der Waals surface area (Å²) < 4.78 is 19.0. The van der Waals surface area contributed by atoms with Gasteiger partial charge in [0.2, 0.25) is 11.8 Å². The van der Waals surface area contributed by atoms with Crippen molar-refractivity contribution in [3.63, 3.8) is 0 Å². The third-order valence-electron chi connectivity index (χ3n) is 3.56. The lowest BCUT2D eigenvalue weighted by Gasteiger charge is -2.16. The SMILES string of the molecule is Cc1oc(NC(=O)CN(C)Cc2ccccc2F)c(C#N)c1C. The summed E-state index contributed by atoms with van der Waals surface area (Å²) in [7, 11) is 1.72. The molecule has 0 bridgehead atoms. The van der Waals surface area contributed by atoms with E-state index in [1.165, 1.54) is 6.07 Å². The lowest BCUT2D eigenvalue weighted by Crippen LogP contribution is -2.30. The Hall–Kier alpha value is -2.65. The summed E-state index contributed by atoms with van der Waals surface area (Å²) in [5, 5.41) is 11.7. The van der Waals surface area contributed by atoms with Gasteiger partial charge in [0.25, 0.3) is 0 Å². The van der Waals surface area contributed by atoms with Crippen LogP contribution in [0.5, 0.6) is 0 Å². The summed E-state index contributed by atoms with van der Waals surface area (Å²) in [6.45, 7) is 3.85. The minimum Gasteiger partial charge on any atom is -0.444 e. The second kappa shape index (κ2) is 7.07. The highest BCUT2D eigenvalue weighted by Crippen LogP contribution is 2.25. The molecule has 5 nitrogen and oxygen atoms in total. The van der Waals surface area contributed by atoms with Crippen molar-refractivity contribution in [2.45, 2.75) is 20.4 Å². The average molecular weight is 315 g/mol. The summed E-state index contributed by atoms with van der Waals surface area (Å²) in [5.41, 5.74) is 1.56. The first-order valence-electron chi connectivity index (χ1n) is 7.14. The standard InChI is InChI=1S/C17H18FN3O2/c1-11-12(2)23-17(14(11)8-19)20-16(22)10-21(3)9-13-6-4-5-7-15(13)18/h4-7H,9-10H2,1-3H3,(H,20,22). The first-order valence-corrected chi connectivity index (χ1v) is 7.14. The van der Waals surface area contributed by atoms with E-state index in [1.807, 2.05) is 6.07 Å². The molecular weight excluding hydrogens is 297 g/mol. The normalized spacial score (nSPS) is 10.6. The highest BCUT2D eigenvalue weighted by atomic mass is 19.1. The molecule has 120 valence electrons. The van der Waals surface area contributed by atoms with Gasteiger partial charge in [-0.2, -0.15) is 5.26 Å². The number of aryl methyl sites for hydroxylation is 1. The van der Waals surface area contributed by atoms with Crippen LogP contribution in [-0.2, 0) is 11.3 Å². The van der Waals surface area contributed by atoms with Crippen LogP contribution >= 0.6 is 0 Å². The minimum absolute atomic E-state index is 0.0536. The van der Waals surface area contributed by atoms with Crippen molar-refractivity contribution in [2.24, 2.45) is 0 Å². The van der Waals surface area contributed by atoms with Crippen LogP contribution in [0, 0.1) is 31.0 Å². The maximum Gasteiger partial charge on any atom is 0.240 e. The van der Waals surface area contributed by atoms with Crippen LogP contribution in [0.1, 0.15) is 22.5 Å². The fourth-order valence-electron chi connectivity index (χ4n) is 2.23. The second-order valence-electron chi connectivity index (χ2n) is 5.41. The minimum atomic E-state index is -0.325. The maximum absolute atomic E-state index is 13.6. The van der Waals surface area contributed by atoms with E-state index in [4.69, 9.17) is 9.68 Å². The van der Waals surface area contributed by atoms with E-state index >= 15 is 0 Å². The van der Waals surface area contributed by atoms with Crippen LogP contribution in [-0.4, -0.2) is 24.4 Å². The molecule has 1 heterocycles. The molecule has 0 aliphatic rings. The smallest absolute Gasteiger partial charge is 0.240 e. The molecule has 2 rings (SSSR count). The fraction of sp³-hybridized carbons (Fsp3) is 0.294. The van der Waals surface area contributed by atoms with Gasteiger partial charge >= 0.3 is 0 Å². The molecule has 0 aliphatic carbocycles. The van der Waals surface area contributed by atoms with E-state index in [9.17, 15) is 9.18 Å². The monoisotopic (exact) mass is 315 g/mol. The molecule has 0 atom stereocenters. The second-order valence-corrected chi connectivity index (χ2v) is 5.41. The highest BCUT2D eigenvalue weighted by molar-refractivity contribution is 5.92. The molecule has 1 N–H and O–H groups in total. The Bertz CT molecular complexity index is 762. The first-order chi connectivity index (χ1) is 10.9. The van der Waals surface area contributed by atoms with Crippen LogP contribution in [0.4, 0.5) is 10.3 Å². The predicted molar refractivity (Wildman–Crippen MR) is 84.3 cm³/mol. The number of carbonyl (C=O) groups is 1. The third kappa shape index (κ3) is 3.96. The number of hydrogen-bond acceptors (Lipinski definition) is 4. The number of furan rings is 1. The average Bonchev–Trinajstić information content (AvgIpc) is 2.75. The van der Waals surface area contributed by atoms with E-state index in [-0.39, 0.29) is 24.2 Å². The molecule has 0 aliphatic heterocycles. The quantitative estimate of drug-likeness (QED) is 0.921. The number of likely N-dealkylation sites (N-methyl/N-ethyl adjacent to an activating group) is 1. The zero-order valence-electron chi connectivity index (χ0n) is 13.3. The zero-order chi connectivity index (χ0) is 17.0. The molecule has 0 saturated heterocycles. The van der Waals surface area contributed by atoms with Crippen LogP contribution < -0.4 is 5.32 Å². The van der Waals surface area contributed by atoms with Crippen molar-refractivity contribution in [2.75, 3.05) is 18.9 Å². The van der Waals surface area contributed by atoms with Crippen molar-refractivity contribution in [1.82, 2.24) is 4.90 Å². The van der Waals surface area contributed by atoms with Crippen LogP contribution in [0.3, 0.4) is 0 Å². The topological polar surface area (TPSA) is 69.3 Å². The Morgan fingerprint density at radius 1 is 1.39 bits per heavy atom. The van der Waals surface area contributed by atoms with Crippen molar-refractivity contribution in [1.29, 1.82) is 5.26 Å². The summed E-state index contributed by atoms with van der Waals surface area (Å²) in [6, 6.07) is 8.45. The third-order valence-corrected chi connectivity index (χ3v) is 3.56. The Morgan fingerprint density at radius 2 is 2.09 bits per heavy atom. The van der Waals surface area contributed by atoms with Crippen LogP contribution in [0.25, 0.3) is 0 Å². The van der Waals surface area contributed by atoms with E-state index in [2.05, 4.69) is 5.32 Å². The molecular formula is C17H18FN3O2. The summed E-state index contributed by atoms with van der Waals surface area (Å²) >= 11 is 0. The molecule has 1 aromatic carbocycles. The highest BCUT2D eigenvalue weighted by Gasteiger charge is 2.17. The van der Waals surface area contributed by atoms with Crippen LogP contribution in [0.15, 0.2) is 28.7 Å². The molecule has 1 amide bonds. The molecule has 1 aromatic heterocycles. The number of carbonyl (C=O) groups excluding carboxylic acids is 1. The Morgan fingerprint density at radius 3 is 2.74 bits per heavy atom. The summed E-state index contributed by atoms with van der Waals surface area (Å²) in [4.78, 5) is 13.8. The first kappa shape index (κ1) is 16.7. The molecule has 0 fully saturated rings. The van der Waals surface area contributed by atoms with Gasteiger partial charge in [-0.05, 0) is 27.0 Å². The van der Waals surface area contributed by atoms with Gasteiger partial charge in [0.1, 0.15) is 23.2 Å². The van der Waals surface area contributed by atoms with E-state index in [0.29, 0.717) is 29.0 Å². The van der Waals surface area contributed by atoms with Gasteiger partial charge in [-0.25, -0.2) is 4.39 Å².